The van der Waals surface area contributed by atoms with E-state index in [0.29, 0.717) is 4.47 Å². The Morgan fingerprint density at radius 3 is 2.68 bits per heavy atom. The number of halogens is 1. The molecule has 2 amide bonds. The van der Waals surface area contributed by atoms with Gasteiger partial charge >= 0.3 is 6.03 Å². The highest BCUT2D eigenvalue weighted by molar-refractivity contribution is 9.10. The second-order valence-electron chi connectivity index (χ2n) is 3.33. The Hall–Kier alpha value is -1.43. The number of pyridine rings is 1. The van der Waals surface area contributed by atoms with Crippen molar-refractivity contribution < 1.29 is 13.2 Å². The zero-order valence-corrected chi connectivity index (χ0v) is 12.1. The summed E-state index contributed by atoms with van der Waals surface area (Å²) < 4.78 is 26.8. The Kier molecular flexibility index (Phi) is 5.47. The summed E-state index contributed by atoms with van der Waals surface area (Å²) in [6, 6.07) is 0.624. The number of sulfonamides is 1. The van der Waals surface area contributed by atoms with Crippen molar-refractivity contribution in [1.82, 2.24) is 15.0 Å². The molecular formula is C8H13BrN6O3S. The van der Waals surface area contributed by atoms with Gasteiger partial charge in [0.2, 0.25) is 10.0 Å². The average Bonchev–Trinajstić information content (AvgIpc) is 2.34. The molecule has 0 spiro atoms. The van der Waals surface area contributed by atoms with Crippen LogP contribution in [0.5, 0.6) is 0 Å². The number of amides is 2. The van der Waals surface area contributed by atoms with Gasteiger partial charge in [0.25, 0.3) is 0 Å². The maximum Gasteiger partial charge on any atom is 0.312 e. The molecule has 7 N–H and O–H groups in total. The highest BCUT2D eigenvalue weighted by Gasteiger charge is 2.19. The lowest BCUT2D eigenvalue weighted by Gasteiger charge is -2.10. The molecule has 0 aliphatic carbocycles. The number of carbonyl (C=O) groups is 1. The van der Waals surface area contributed by atoms with Crippen molar-refractivity contribution in [2.24, 2.45) is 11.6 Å². The number of aromatic nitrogens is 1. The van der Waals surface area contributed by atoms with Gasteiger partial charge in [0.1, 0.15) is 4.90 Å². The second-order valence-corrected chi connectivity index (χ2v) is 5.98. The molecular weight excluding hydrogens is 340 g/mol. The minimum absolute atomic E-state index is 0.0121. The first-order valence-corrected chi connectivity index (χ1v) is 7.29. The number of carbonyl (C=O) groups excluding carboxylic acids is 1. The van der Waals surface area contributed by atoms with Gasteiger partial charge < -0.3 is 16.5 Å². The first-order valence-electron chi connectivity index (χ1n) is 5.02. The van der Waals surface area contributed by atoms with Gasteiger partial charge in [-0.3, -0.25) is 0 Å². The number of primary amides is 1. The highest BCUT2D eigenvalue weighted by Crippen LogP contribution is 2.21. The molecule has 11 heteroatoms. The van der Waals surface area contributed by atoms with Gasteiger partial charge in [-0.15, -0.1) is 0 Å². The van der Waals surface area contributed by atoms with Crippen LogP contribution in [0, 0.1) is 0 Å². The van der Waals surface area contributed by atoms with Gasteiger partial charge in [0, 0.05) is 23.8 Å². The molecule has 106 valence electrons. The first kappa shape index (κ1) is 15.6. The lowest BCUT2D eigenvalue weighted by atomic mass is 10.5. The van der Waals surface area contributed by atoms with Crippen molar-refractivity contribution in [2.45, 2.75) is 4.90 Å². The number of nitrogens with zero attached hydrogens (tertiary/aromatic N) is 1. The number of nitrogens with two attached hydrogens (primary N) is 2. The third-order valence-electron chi connectivity index (χ3n) is 1.96. The maximum atomic E-state index is 12.0. The molecule has 0 unspecified atom stereocenters. The van der Waals surface area contributed by atoms with E-state index in [9.17, 15) is 13.2 Å². The van der Waals surface area contributed by atoms with Gasteiger partial charge in [-0.2, -0.15) is 0 Å². The van der Waals surface area contributed by atoms with Crippen LogP contribution >= 0.6 is 15.9 Å². The molecule has 0 aromatic carbocycles. The topological polar surface area (TPSA) is 152 Å². The smallest absolute Gasteiger partial charge is 0.312 e. The minimum Gasteiger partial charge on any atom is -0.352 e. The predicted octanol–water partition coefficient (Wildman–Crippen LogP) is -0.924. The van der Waals surface area contributed by atoms with E-state index in [4.69, 9.17) is 11.6 Å². The Morgan fingerprint density at radius 1 is 1.42 bits per heavy atom. The molecule has 0 saturated carbocycles. The van der Waals surface area contributed by atoms with E-state index < -0.39 is 16.1 Å². The second kappa shape index (κ2) is 6.65. The molecule has 0 aliphatic rings. The monoisotopic (exact) mass is 352 g/mol. The Balaban J connectivity index is 2.82. The molecule has 1 heterocycles. The summed E-state index contributed by atoms with van der Waals surface area (Å²) in [5, 5.41) is 2.26. The summed E-state index contributed by atoms with van der Waals surface area (Å²) in [6.07, 6.45) is 1.41. The van der Waals surface area contributed by atoms with Crippen LogP contribution in [0.4, 0.5) is 10.6 Å². The Labute approximate surface area is 118 Å². The maximum absolute atomic E-state index is 12.0. The van der Waals surface area contributed by atoms with Crippen molar-refractivity contribution >= 4 is 37.8 Å². The fourth-order valence-electron chi connectivity index (χ4n) is 1.18. The third kappa shape index (κ3) is 4.63. The molecule has 0 atom stereocenters. The summed E-state index contributed by atoms with van der Waals surface area (Å²) in [5.41, 5.74) is 7.05. The van der Waals surface area contributed by atoms with Crippen molar-refractivity contribution in [3.63, 3.8) is 0 Å². The van der Waals surface area contributed by atoms with Crippen LogP contribution < -0.4 is 27.0 Å². The highest BCUT2D eigenvalue weighted by atomic mass is 79.9. The number of hydrogen-bond donors (Lipinski definition) is 5. The average molecular weight is 353 g/mol. The normalized spacial score (nSPS) is 11.1. The summed E-state index contributed by atoms with van der Waals surface area (Å²) in [4.78, 5) is 14.1. The van der Waals surface area contributed by atoms with Gasteiger partial charge in [0.15, 0.2) is 5.82 Å². The molecule has 1 aromatic heterocycles. The van der Waals surface area contributed by atoms with Crippen molar-refractivity contribution in [1.29, 1.82) is 0 Å². The van der Waals surface area contributed by atoms with Crippen LogP contribution in [0.2, 0.25) is 0 Å². The van der Waals surface area contributed by atoms with Crippen molar-refractivity contribution in [3.05, 3.63) is 16.7 Å². The lowest BCUT2D eigenvalue weighted by Crippen LogP contribution is -2.37. The fraction of sp³-hybridized carbons (Fsp3) is 0.250. The van der Waals surface area contributed by atoms with E-state index in [0.717, 1.165) is 0 Å². The van der Waals surface area contributed by atoms with Crippen LogP contribution in [0.25, 0.3) is 0 Å². The number of nitrogen functional groups attached to an aromatic ring is 1. The standard InChI is InChI=1S/C8H13BrN6O3S/c9-5-3-6(7(15-11)13-4-5)19(17,18)14-2-1-12-8(10)16/h3-4,14H,1-2,11H2,(H,13,15)(H3,10,12,16). The molecule has 0 radical (unpaired) electrons. The van der Waals surface area contributed by atoms with Crippen molar-refractivity contribution in [2.75, 3.05) is 18.5 Å². The lowest BCUT2D eigenvalue weighted by molar-refractivity contribution is 0.249. The van der Waals surface area contributed by atoms with E-state index in [-0.39, 0.29) is 23.8 Å². The van der Waals surface area contributed by atoms with Crippen LogP contribution in [-0.2, 0) is 10.0 Å². The van der Waals surface area contributed by atoms with Crippen LogP contribution in [0.15, 0.2) is 21.6 Å². The van der Waals surface area contributed by atoms with Gasteiger partial charge in [0.05, 0.1) is 0 Å². The first-order chi connectivity index (χ1) is 8.86. The molecule has 19 heavy (non-hydrogen) atoms. The Morgan fingerprint density at radius 2 is 2.11 bits per heavy atom. The fourth-order valence-corrected chi connectivity index (χ4v) is 2.84. The molecule has 0 fully saturated rings. The van der Waals surface area contributed by atoms with E-state index in [1.54, 1.807) is 0 Å². The van der Waals surface area contributed by atoms with E-state index in [1.165, 1.54) is 12.3 Å². The number of nitrogens with one attached hydrogen (secondary N) is 3. The summed E-state index contributed by atoms with van der Waals surface area (Å²) >= 11 is 3.12. The molecule has 1 aromatic rings. The quantitative estimate of drug-likeness (QED) is 0.253. The Bertz CT molecular complexity index is 564. The summed E-state index contributed by atoms with van der Waals surface area (Å²) in [5.74, 6) is 5.21. The predicted molar refractivity (Wildman–Crippen MR) is 72.5 cm³/mol. The van der Waals surface area contributed by atoms with Crippen LogP contribution in [-0.4, -0.2) is 32.5 Å². The number of hydrazine groups is 1. The van der Waals surface area contributed by atoms with Crippen LogP contribution in [0.1, 0.15) is 0 Å². The van der Waals surface area contributed by atoms with Gasteiger partial charge in [-0.1, -0.05) is 0 Å². The zero-order valence-electron chi connectivity index (χ0n) is 9.68. The number of rotatable bonds is 6. The van der Waals surface area contributed by atoms with E-state index in [1.807, 2.05) is 0 Å². The van der Waals surface area contributed by atoms with Crippen LogP contribution in [0.3, 0.4) is 0 Å². The largest absolute Gasteiger partial charge is 0.352 e. The molecule has 9 nitrogen and oxygen atoms in total. The molecule has 0 saturated heterocycles. The SMILES string of the molecule is NNc1ncc(Br)cc1S(=O)(=O)NCCNC(N)=O. The van der Waals surface area contributed by atoms with E-state index in [2.05, 4.69) is 36.4 Å². The summed E-state index contributed by atoms with van der Waals surface area (Å²) in [6.45, 7) is 0.0587. The number of hydrogen-bond acceptors (Lipinski definition) is 6. The van der Waals surface area contributed by atoms with E-state index >= 15 is 0 Å². The minimum atomic E-state index is -3.80. The number of anilines is 1. The molecule has 0 bridgehead atoms. The third-order valence-corrected chi connectivity index (χ3v) is 3.87. The van der Waals surface area contributed by atoms with Gasteiger partial charge in [-0.25, -0.2) is 28.8 Å². The summed E-state index contributed by atoms with van der Waals surface area (Å²) in [7, 11) is -3.80. The number of urea groups is 1. The molecule has 0 aliphatic heterocycles. The van der Waals surface area contributed by atoms with Gasteiger partial charge in [-0.05, 0) is 22.0 Å². The zero-order chi connectivity index (χ0) is 14.5. The molecule has 1 rings (SSSR count). The van der Waals surface area contributed by atoms with Crippen molar-refractivity contribution in [3.8, 4) is 0 Å².